The van der Waals surface area contributed by atoms with E-state index in [-0.39, 0.29) is 17.7 Å². The van der Waals surface area contributed by atoms with Crippen LogP contribution in [0.1, 0.15) is 37.8 Å². The van der Waals surface area contributed by atoms with Gasteiger partial charge in [-0.1, -0.05) is 12.1 Å². The molecule has 0 heterocycles. The maximum Gasteiger partial charge on any atom is 0.221 e. The minimum atomic E-state index is 0.119. The van der Waals surface area contributed by atoms with E-state index in [9.17, 15) is 9.90 Å². The molecule has 0 bridgehead atoms. The van der Waals surface area contributed by atoms with Gasteiger partial charge in [0.25, 0.3) is 0 Å². The number of aromatic hydroxyl groups is 1. The van der Waals surface area contributed by atoms with Crippen LogP contribution in [0.3, 0.4) is 0 Å². The zero-order chi connectivity index (χ0) is 13.0. The van der Waals surface area contributed by atoms with Crippen molar-refractivity contribution in [3.63, 3.8) is 0 Å². The standard InChI is InChI=1S/C14H20N2O2/c1-10(11-3-2-4-13(17)9-11)15-8-7-14(18)16-12-5-6-12/h2-4,9-10,12,15,17H,5-8H2,1H3,(H,16,18). The molecule has 1 aliphatic carbocycles. The van der Waals surface area contributed by atoms with Crippen molar-refractivity contribution in [3.8, 4) is 5.75 Å². The van der Waals surface area contributed by atoms with Gasteiger partial charge in [-0.15, -0.1) is 0 Å². The molecule has 1 atom stereocenters. The maximum absolute atomic E-state index is 11.5. The van der Waals surface area contributed by atoms with Crippen LogP contribution >= 0.6 is 0 Å². The Balaban J connectivity index is 1.70. The zero-order valence-electron chi connectivity index (χ0n) is 10.6. The van der Waals surface area contributed by atoms with Gasteiger partial charge in [0.2, 0.25) is 5.91 Å². The number of rotatable bonds is 6. The molecule has 0 radical (unpaired) electrons. The number of benzene rings is 1. The Morgan fingerprint density at radius 1 is 1.50 bits per heavy atom. The number of carbonyl (C=O) groups is 1. The molecule has 0 spiro atoms. The third-order valence-corrected chi connectivity index (χ3v) is 3.12. The highest BCUT2D eigenvalue weighted by atomic mass is 16.3. The Morgan fingerprint density at radius 2 is 2.28 bits per heavy atom. The molecule has 0 aliphatic heterocycles. The molecule has 98 valence electrons. The number of amides is 1. The normalized spacial score (nSPS) is 16.3. The molecule has 18 heavy (non-hydrogen) atoms. The number of phenolic OH excluding ortho intramolecular Hbond substituents is 1. The Morgan fingerprint density at radius 3 is 2.94 bits per heavy atom. The molecule has 1 aliphatic rings. The van der Waals surface area contributed by atoms with Gasteiger partial charge in [0, 0.05) is 25.0 Å². The van der Waals surface area contributed by atoms with Gasteiger partial charge < -0.3 is 15.7 Å². The number of hydrogen-bond donors (Lipinski definition) is 3. The first-order valence-corrected chi connectivity index (χ1v) is 6.47. The zero-order valence-corrected chi connectivity index (χ0v) is 10.6. The van der Waals surface area contributed by atoms with Crippen LogP contribution in [0.5, 0.6) is 5.75 Å². The van der Waals surface area contributed by atoms with Crippen molar-refractivity contribution >= 4 is 5.91 Å². The van der Waals surface area contributed by atoms with Crippen molar-refractivity contribution < 1.29 is 9.90 Å². The van der Waals surface area contributed by atoms with Crippen LogP contribution < -0.4 is 10.6 Å². The fraction of sp³-hybridized carbons (Fsp3) is 0.500. The van der Waals surface area contributed by atoms with Crippen LogP contribution in [0.2, 0.25) is 0 Å². The van der Waals surface area contributed by atoms with E-state index in [1.807, 2.05) is 19.1 Å². The summed E-state index contributed by atoms with van der Waals surface area (Å²) >= 11 is 0. The van der Waals surface area contributed by atoms with Crippen molar-refractivity contribution in [1.29, 1.82) is 0 Å². The number of hydrogen-bond acceptors (Lipinski definition) is 3. The second-order valence-corrected chi connectivity index (χ2v) is 4.86. The highest BCUT2D eigenvalue weighted by molar-refractivity contribution is 5.76. The average molecular weight is 248 g/mol. The van der Waals surface area contributed by atoms with E-state index in [4.69, 9.17) is 0 Å². The molecule has 1 unspecified atom stereocenters. The topological polar surface area (TPSA) is 61.4 Å². The molecule has 1 aromatic carbocycles. The van der Waals surface area contributed by atoms with Crippen molar-refractivity contribution in [3.05, 3.63) is 29.8 Å². The molecule has 1 fully saturated rings. The SMILES string of the molecule is CC(NCCC(=O)NC1CC1)c1cccc(O)c1. The van der Waals surface area contributed by atoms with Crippen LogP contribution in [0.4, 0.5) is 0 Å². The lowest BCUT2D eigenvalue weighted by atomic mass is 10.1. The molecule has 0 aromatic heterocycles. The third-order valence-electron chi connectivity index (χ3n) is 3.12. The molecule has 0 saturated heterocycles. The highest BCUT2D eigenvalue weighted by Gasteiger charge is 2.22. The lowest BCUT2D eigenvalue weighted by Crippen LogP contribution is -2.30. The fourth-order valence-corrected chi connectivity index (χ4v) is 1.84. The molecule has 4 heteroatoms. The quantitative estimate of drug-likeness (QED) is 0.718. The monoisotopic (exact) mass is 248 g/mol. The second-order valence-electron chi connectivity index (χ2n) is 4.86. The van der Waals surface area contributed by atoms with E-state index in [0.717, 1.165) is 18.4 Å². The summed E-state index contributed by atoms with van der Waals surface area (Å²) in [4.78, 5) is 11.5. The summed E-state index contributed by atoms with van der Waals surface area (Å²) in [6.45, 7) is 2.67. The summed E-state index contributed by atoms with van der Waals surface area (Å²) in [6, 6.07) is 7.73. The summed E-state index contributed by atoms with van der Waals surface area (Å²) in [7, 11) is 0. The predicted molar refractivity (Wildman–Crippen MR) is 70.3 cm³/mol. The fourth-order valence-electron chi connectivity index (χ4n) is 1.84. The minimum absolute atomic E-state index is 0.119. The Bertz CT molecular complexity index is 416. The van der Waals surface area contributed by atoms with Crippen molar-refractivity contribution in [1.82, 2.24) is 10.6 Å². The largest absolute Gasteiger partial charge is 0.508 e. The van der Waals surface area contributed by atoms with Gasteiger partial charge in [0.15, 0.2) is 0 Å². The van der Waals surface area contributed by atoms with Gasteiger partial charge in [-0.05, 0) is 37.5 Å². The molecule has 3 N–H and O–H groups in total. The number of carbonyl (C=O) groups excluding carboxylic acids is 1. The van der Waals surface area contributed by atoms with Crippen molar-refractivity contribution in [2.24, 2.45) is 0 Å². The molecule has 2 rings (SSSR count). The summed E-state index contributed by atoms with van der Waals surface area (Å²) in [5.41, 5.74) is 1.03. The molecular weight excluding hydrogens is 228 g/mol. The smallest absolute Gasteiger partial charge is 0.221 e. The first-order chi connectivity index (χ1) is 8.65. The third kappa shape index (κ3) is 4.04. The van der Waals surface area contributed by atoms with Gasteiger partial charge >= 0.3 is 0 Å². The van der Waals surface area contributed by atoms with Gasteiger partial charge in [-0.25, -0.2) is 0 Å². The summed E-state index contributed by atoms with van der Waals surface area (Å²) in [6.07, 6.45) is 2.75. The summed E-state index contributed by atoms with van der Waals surface area (Å²) in [5.74, 6) is 0.390. The van der Waals surface area contributed by atoms with Gasteiger partial charge in [0.05, 0.1) is 0 Å². The lowest BCUT2D eigenvalue weighted by molar-refractivity contribution is -0.121. The predicted octanol–water partition coefficient (Wildman–Crippen LogP) is 1.71. The van der Waals surface area contributed by atoms with E-state index in [1.165, 1.54) is 0 Å². The van der Waals surface area contributed by atoms with E-state index in [1.54, 1.807) is 12.1 Å². The first kappa shape index (κ1) is 12.9. The van der Waals surface area contributed by atoms with Gasteiger partial charge in [0.1, 0.15) is 5.75 Å². The van der Waals surface area contributed by atoms with Crippen LogP contribution in [-0.2, 0) is 4.79 Å². The second kappa shape index (κ2) is 5.87. The molecule has 1 amide bonds. The Hall–Kier alpha value is -1.55. The van der Waals surface area contributed by atoms with Crippen LogP contribution in [0.25, 0.3) is 0 Å². The molecule has 1 saturated carbocycles. The first-order valence-electron chi connectivity index (χ1n) is 6.47. The van der Waals surface area contributed by atoms with E-state index in [2.05, 4.69) is 10.6 Å². The summed E-state index contributed by atoms with van der Waals surface area (Å²) < 4.78 is 0. The van der Waals surface area contributed by atoms with Gasteiger partial charge in [-0.2, -0.15) is 0 Å². The van der Waals surface area contributed by atoms with Crippen molar-refractivity contribution in [2.45, 2.75) is 38.3 Å². The summed E-state index contributed by atoms with van der Waals surface area (Å²) in [5, 5.41) is 15.6. The van der Waals surface area contributed by atoms with Gasteiger partial charge in [-0.3, -0.25) is 4.79 Å². The number of phenols is 1. The molecular formula is C14H20N2O2. The van der Waals surface area contributed by atoms with E-state index >= 15 is 0 Å². The van der Waals surface area contributed by atoms with Crippen LogP contribution in [-0.4, -0.2) is 23.6 Å². The average Bonchev–Trinajstić information content (AvgIpc) is 3.12. The van der Waals surface area contributed by atoms with E-state index < -0.39 is 0 Å². The number of nitrogens with one attached hydrogen (secondary N) is 2. The molecule has 1 aromatic rings. The van der Waals surface area contributed by atoms with E-state index in [0.29, 0.717) is 19.0 Å². The minimum Gasteiger partial charge on any atom is -0.508 e. The van der Waals surface area contributed by atoms with Crippen LogP contribution in [0, 0.1) is 0 Å². The molecule has 4 nitrogen and oxygen atoms in total. The van der Waals surface area contributed by atoms with Crippen molar-refractivity contribution in [2.75, 3.05) is 6.54 Å². The highest BCUT2D eigenvalue weighted by Crippen LogP contribution is 2.19. The maximum atomic E-state index is 11.5. The Kier molecular flexibility index (Phi) is 4.20. The lowest BCUT2D eigenvalue weighted by Gasteiger charge is -2.14. The van der Waals surface area contributed by atoms with Crippen LogP contribution in [0.15, 0.2) is 24.3 Å². The Labute approximate surface area is 107 Å².